The second kappa shape index (κ2) is 8.15. The van der Waals surface area contributed by atoms with Gasteiger partial charge >= 0.3 is 0 Å². The van der Waals surface area contributed by atoms with Gasteiger partial charge in [0.15, 0.2) is 11.6 Å². The molecule has 1 unspecified atom stereocenters. The average molecular weight is 448 g/mol. The number of aromatic nitrogens is 6. The third-order valence-corrected chi connectivity index (χ3v) is 5.83. The summed E-state index contributed by atoms with van der Waals surface area (Å²) in [6, 6.07) is 8.00. The molecule has 0 saturated carbocycles. The molecule has 0 radical (unpaired) electrons. The Morgan fingerprint density at radius 1 is 1.18 bits per heavy atom. The Hall–Kier alpha value is -3.46. The predicted octanol–water partition coefficient (Wildman–Crippen LogP) is 4.08. The van der Waals surface area contributed by atoms with Gasteiger partial charge in [0.05, 0.1) is 30.5 Å². The first-order valence-corrected chi connectivity index (χ1v) is 11.1. The maximum absolute atomic E-state index is 6.20. The number of aryl methyl sites for hydroxylation is 3. The molecule has 0 amide bonds. The zero-order chi connectivity index (χ0) is 23.2. The molecule has 4 aromatic heterocycles. The standard InChI is InChI=1S/C24H29N7O2/c1-15-8-21(27-16(2)26-15)28-22-10-19-9-18(6-7-31(19)29-22)23-20(12-25-30(23)5)32-13-17-11-24(3,4)33-14-17/h6-10,12,17H,11,13-14H2,1-5H3,(H,26,27,28,29). The molecule has 0 bridgehead atoms. The predicted molar refractivity (Wildman–Crippen MR) is 126 cm³/mol. The van der Waals surface area contributed by atoms with Gasteiger partial charge in [0.1, 0.15) is 17.3 Å². The van der Waals surface area contributed by atoms with Gasteiger partial charge in [0, 0.05) is 42.6 Å². The smallest absolute Gasteiger partial charge is 0.165 e. The van der Waals surface area contributed by atoms with E-state index >= 15 is 0 Å². The van der Waals surface area contributed by atoms with E-state index in [1.165, 1.54) is 0 Å². The Kier molecular flexibility index (Phi) is 5.28. The van der Waals surface area contributed by atoms with Gasteiger partial charge in [-0.05, 0) is 46.2 Å². The molecule has 0 aromatic carbocycles. The summed E-state index contributed by atoms with van der Waals surface area (Å²) in [6.45, 7) is 9.42. The summed E-state index contributed by atoms with van der Waals surface area (Å²) in [5.41, 5.74) is 3.74. The van der Waals surface area contributed by atoms with Crippen LogP contribution in [0.5, 0.6) is 5.75 Å². The molecule has 1 aliphatic heterocycles. The van der Waals surface area contributed by atoms with Gasteiger partial charge in [-0.15, -0.1) is 0 Å². The molecule has 9 nitrogen and oxygen atoms in total. The summed E-state index contributed by atoms with van der Waals surface area (Å²) >= 11 is 0. The van der Waals surface area contributed by atoms with Gasteiger partial charge in [-0.25, -0.2) is 14.5 Å². The number of pyridine rings is 1. The van der Waals surface area contributed by atoms with E-state index in [1.807, 2.05) is 54.5 Å². The van der Waals surface area contributed by atoms with Gasteiger partial charge in [-0.1, -0.05) is 0 Å². The van der Waals surface area contributed by atoms with Gasteiger partial charge in [0.25, 0.3) is 0 Å². The van der Waals surface area contributed by atoms with Gasteiger partial charge in [-0.2, -0.15) is 10.2 Å². The van der Waals surface area contributed by atoms with Gasteiger partial charge < -0.3 is 14.8 Å². The van der Waals surface area contributed by atoms with Crippen molar-refractivity contribution >= 4 is 17.2 Å². The fourth-order valence-electron chi connectivity index (χ4n) is 4.44. The van der Waals surface area contributed by atoms with Crippen LogP contribution in [0.25, 0.3) is 16.8 Å². The lowest BCUT2D eigenvalue weighted by molar-refractivity contribution is 0.0341. The molecule has 1 fully saturated rings. The zero-order valence-electron chi connectivity index (χ0n) is 19.7. The monoisotopic (exact) mass is 447 g/mol. The average Bonchev–Trinajstić information content (AvgIpc) is 3.40. The topological polar surface area (TPSA) is 91.4 Å². The molecule has 1 aliphatic rings. The quantitative estimate of drug-likeness (QED) is 0.476. The van der Waals surface area contributed by atoms with Crippen molar-refractivity contribution in [1.29, 1.82) is 0 Å². The van der Waals surface area contributed by atoms with Crippen LogP contribution in [0.2, 0.25) is 0 Å². The van der Waals surface area contributed by atoms with Crippen LogP contribution in [-0.4, -0.2) is 48.2 Å². The molecule has 0 spiro atoms. The summed E-state index contributed by atoms with van der Waals surface area (Å²) in [5, 5.41) is 12.3. The molecule has 1 atom stereocenters. The number of anilines is 2. The van der Waals surface area contributed by atoms with Crippen LogP contribution in [0, 0.1) is 19.8 Å². The van der Waals surface area contributed by atoms with Crippen LogP contribution >= 0.6 is 0 Å². The van der Waals surface area contributed by atoms with Crippen molar-refractivity contribution in [3.8, 4) is 17.0 Å². The van der Waals surface area contributed by atoms with E-state index in [0.29, 0.717) is 12.5 Å². The molecular formula is C24H29N7O2. The summed E-state index contributed by atoms with van der Waals surface area (Å²) in [4.78, 5) is 8.75. The highest BCUT2D eigenvalue weighted by molar-refractivity contribution is 5.72. The fourth-order valence-corrected chi connectivity index (χ4v) is 4.44. The summed E-state index contributed by atoms with van der Waals surface area (Å²) in [6.07, 6.45) is 4.71. The Bertz CT molecular complexity index is 1290. The van der Waals surface area contributed by atoms with E-state index < -0.39 is 0 Å². The van der Waals surface area contributed by atoms with Crippen molar-refractivity contribution in [2.75, 3.05) is 18.5 Å². The summed E-state index contributed by atoms with van der Waals surface area (Å²) < 4.78 is 15.7. The van der Waals surface area contributed by atoms with Gasteiger partial charge in [-0.3, -0.25) is 4.68 Å². The maximum atomic E-state index is 6.20. The number of ether oxygens (including phenoxy) is 2. The second-order valence-corrected chi connectivity index (χ2v) is 9.31. The molecule has 5 heterocycles. The minimum atomic E-state index is -0.0756. The first kappa shape index (κ1) is 21.4. The molecule has 4 aromatic rings. The Balaban J connectivity index is 1.37. The molecule has 172 valence electrons. The molecule has 1 N–H and O–H groups in total. The molecule has 9 heteroatoms. The molecule has 1 saturated heterocycles. The maximum Gasteiger partial charge on any atom is 0.165 e. The highest BCUT2D eigenvalue weighted by Crippen LogP contribution is 2.33. The van der Waals surface area contributed by atoms with Crippen molar-refractivity contribution in [2.45, 2.75) is 39.7 Å². The molecule has 33 heavy (non-hydrogen) atoms. The Morgan fingerprint density at radius 2 is 2.03 bits per heavy atom. The van der Waals surface area contributed by atoms with Crippen LogP contribution in [0.1, 0.15) is 31.8 Å². The normalized spacial score (nSPS) is 17.5. The largest absolute Gasteiger partial charge is 0.489 e. The Labute approximate surface area is 192 Å². The van der Waals surface area contributed by atoms with Crippen LogP contribution in [0.15, 0.2) is 36.7 Å². The molecule has 5 rings (SSSR count). The lowest BCUT2D eigenvalue weighted by atomic mass is 9.99. The fraction of sp³-hybridized carbons (Fsp3) is 0.417. The van der Waals surface area contributed by atoms with E-state index in [2.05, 4.69) is 45.4 Å². The number of hydrogen-bond donors (Lipinski definition) is 1. The third-order valence-electron chi connectivity index (χ3n) is 5.83. The number of rotatable bonds is 6. The first-order chi connectivity index (χ1) is 15.8. The van der Waals surface area contributed by atoms with Gasteiger partial charge in [0.2, 0.25) is 0 Å². The number of fused-ring (bicyclic) bond motifs is 1. The highest BCUT2D eigenvalue weighted by Gasteiger charge is 2.32. The van der Waals surface area contributed by atoms with Crippen molar-refractivity contribution in [3.63, 3.8) is 0 Å². The second-order valence-electron chi connectivity index (χ2n) is 9.31. The van der Waals surface area contributed by atoms with E-state index in [0.717, 1.165) is 58.7 Å². The highest BCUT2D eigenvalue weighted by atomic mass is 16.5. The molecular weight excluding hydrogens is 418 g/mol. The van der Waals surface area contributed by atoms with Crippen molar-refractivity contribution in [1.82, 2.24) is 29.4 Å². The lowest BCUT2D eigenvalue weighted by Gasteiger charge is -2.16. The van der Waals surface area contributed by atoms with Crippen molar-refractivity contribution in [3.05, 3.63) is 48.2 Å². The lowest BCUT2D eigenvalue weighted by Crippen LogP contribution is -2.18. The summed E-state index contributed by atoms with van der Waals surface area (Å²) in [7, 11) is 1.93. The minimum Gasteiger partial charge on any atom is -0.489 e. The summed E-state index contributed by atoms with van der Waals surface area (Å²) in [5.74, 6) is 3.32. The minimum absolute atomic E-state index is 0.0756. The van der Waals surface area contributed by atoms with Crippen LogP contribution < -0.4 is 10.1 Å². The van der Waals surface area contributed by atoms with E-state index in [-0.39, 0.29) is 5.60 Å². The molecule has 0 aliphatic carbocycles. The van der Waals surface area contributed by atoms with Crippen molar-refractivity contribution < 1.29 is 9.47 Å². The number of nitrogens with one attached hydrogen (secondary N) is 1. The third kappa shape index (κ3) is 4.54. The van der Waals surface area contributed by atoms with Crippen molar-refractivity contribution in [2.24, 2.45) is 13.0 Å². The van der Waals surface area contributed by atoms with Crippen LogP contribution in [-0.2, 0) is 11.8 Å². The van der Waals surface area contributed by atoms with Crippen LogP contribution in [0.3, 0.4) is 0 Å². The van der Waals surface area contributed by atoms with E-state index in [4.69, 9.17) is 9.47 Å². The van der Waals surface area contributed by atoms with Crippen LogP contribution in [0.4, 0.5) is 11.6 Å². The first-order valence-electron chi connectivity index (χ1n) is 11.1. The Morgan fingerprint density at radius 3 is 2.79 bits per heavy atom. The van der Waals surface area contributed by atoms with E-state index in [9.17, 15) is 0 Å². The number of hydrogen-bond acceptors (Lipinski definition) is 7. The van der Waals surface area contributed by atoms with E-state index in [1.54, 1.807) is 6.20 Å². The SMILES string of the molecule is Cc1cc(Nc2cc3cc(-c4c(OCC5COC(C)(C)C5)cnn4C)ccn3n2)nc(C)n1. The number of nitrogens with zero attached hydrogens (tertiary/aromatic N) is 6. The zero-order valence-corrected chi connectivity index (χ0v) is 19.7.